The number of rotatable bonds is 4. The molecule has 108 valence electrons. The van der Waals surface area contributed by atoms with Crippen LogP contribution in [0.25, 0.3) is 0 Å². The quantitative estimate of drug-likeness (QED) is 0.876. The Bertz CT molecular complexity index is 668. The molecule has 0 atom stereocenters. The van der Waals surface area contributed by atoms with Crippen LogP contribution in [0.4, 0.5) is 5.69 Å². The molecule has 0 unspecified atom stereocenters. The van der Waals surface area contributed by atoms with Gasteiger partial charge in [0.05, 0.1) is 7.11 Å². The standard InChI is InChI=1S/C16H16N2O3/c1-3-11-7-4-5-8-12(11)18-15(19)13-9-6-10-14(17-13)16(20)21-2/h4-10H,3H2,1-2H3,(H,18,19). The number of carbonyl (C=O) groups is 2. The summed E-state index contributed by atoms with van der Waals surface area (Å²) in [7, 11) is 1.27. The highest BCUT2D eigenvalue weighted by molar-refractivity contribution is 6.03. The first-order valence-corrected chi connectivity index (χ1v) is 6.60. The molecule has 0 bridgehead atoms. The van der Waals surface area contributed by atoms with Crippen LogP contribution in [0, 0.1) is 0 Å². The lowest BCUT2D eigenvalue weighted by Crippen LogP contribution is -2.16. The number of anilines is 1. The van der Waals surface area contributed by atoms with Crippen LogP contribution in [-0.2, 0) is 11.2 Å². The molecule has 5 nitrogen and oxygen atoms in total. The predicted octanol–water partition coefficient (Wildman–Crippen LogP) is 2.68. The summed E-state index contributed by atoms with van der Waals surface area (Å²) in [5, 5.41) is 2.81. The summed E-state index contributed by atoms with van der Waals surface area (Å²) in [6, 6.07) is 12.2. The maximum Gasteiger partial charge on any atom is 0.356 e. The number of aryl methyl sites for hydroxylation is 1. The van der Waals surface area contributed by atoms with Gasteiger partial charge < -0.3 is 10.1 Å². The van der Waals surface area contributed by atoms with Gasteiger partial charge in [-0.1, -0.05) is 31.2 Å². The van der Waals surface area contributed by atoms with Crippen molar-refractivity contribution in [1.29, 1.82) is 0 Å². The third-order valence-corrected chi connectivity index (χ3v) is 3.02. The average Bonchev–Trinajstić information content (AvgIpc) is 2.54. The fraction of sp³-hybridized carbons (Fsp3) is 0.188. The molecule has 1 N–H and O–H groups in total. The Morgan fingerprint density at radius 1 is 1.10 bits per heavy atom. The molecule has 21 heavy (non-hydrogen) atoms. The summed E-state index contributed by atoms with van der Waals surface area (Å²) < 4.78 is 4.59. The summed E-state index contributed by atoms with van der Waals surface area (Å²) in [6.45, 7) is 2.01. The van der Waals surface area contributed by atoms with Crippen molar-refractivity contribution < 1.29 is 14.3 Å². The molecule has 1 aromatic carbocycles. The van der Waals surface area contributed by atoms with Crippen molar-refractivity contribution in [3.63, 3.8) is 0 Å². The van der Waals surface area contributed by atoms with E-state index in [0.717, 1.165) is 17.7 Å². The van der Waals surface area contributed by atoms with E-state index in [1.165, 1.54) is 13.2 Å². The normalized spacial score (nSPS) is 10.0. The Balaban J connectivity index is 2.22. The lowest BCUT2D eigenvalue weighted by Gasteiger charge is -2.09. The molecule has 2 aromatic rings. The summed E-state index contributed by atoms with van der Waals surface area (Å²) in [4.78, 5) is 27.7. The zero-order valence-corrected chi connectivity index (χ0v) is 11.9. The number of hydrogen-bond acceptors (Lipinski definition) is 4. The Morgan fingerprint density at radius 2 is 1.81 bits per heavy atom. The van der Waals surface area contributed by atoms with E-state index < -0.39 is 5.97 Å². The van der Waals surface area contributed by atoms with E-state index in [9.17, 15) is 9.59 Å². The Hall–Kier alpha value is -2.69. The van der Waals surface area contributed by atoms with Crippen LogP contribution in [0.2, 0.25) is 0 Å². The molecule has 1 amide bonds. The number of hydrogen-bond donors (Lipinski definition) is 1. The molecule has 1 aromatic heterocycles. The second kappa shape index (κ2) is 6.65. The van der Waals surface area contributed by atoms with E-state index in [2.05, 4.69) is 15.0 Å². The molecule has 5 heteroatoms. The fourth-order valence-electron chi connectivity index (χ4n) is 1.92. The number of nitrogens with one attached hydrogen (secondary N) is 1. The van der Waals surface area contributed by atoms with Crippen LogP contribution in [0.3, 0.4) is 0 Å². The first-order valence-electron chi connectivity index (χ1n) is 6.60. The maximum absolute atomic E-state index is 12.2. The molecule has 0 saturated carbocycles. The predicted molar refractivity (Wildman–Crippen MR) is 79.3 cm³/mol. The number of amides is 1. The molecule has 0 aliphatic heterocycles. The zero-order valence-electron chi connectivity index (χ0n) is 11.9. The second-order valence-corrected chi connectivity index (χ2v) is 4.36. The summed E-state index contributed by atoms with van der Waals surface area (Å²) in [5.74, 6) is -0.930. The highest BCUT2D eigenvalue weighted by Gasteiger charge is 2.13. The third-order valence-electron chi connectivity index (χ3n) is 3.02. The monoisotopic (exact) mass is 284 g/mol. The van der Waals surface area contributed by atoms with Crippen molar-refractivity contribution in [2.75, 3.05) is 12.4 Å². The Labute approximate surface area is 123 Å². The second-order valence-electron chi connectivity index (χ2n) is 4.36. The lowest BCUT2D eigenvalue weighted by atomic mass is 10.1. The van der Waals surface area contributed by atoms with Gasteiger partial charge in [-0.2, -0.15) is 0 Å². The van der Waals surface area contributed by atoms with Crippen molar-refractivity contribution in [1.82, 2.24) is 4.98 Å². The van der Waals surface area contributed by atoms with Crippen molar-refractivity contribution in [2.45, 2.75) is 13.3 Å². The van der Waals surface area contributed by atoms with E-state index in [-0.39, 0.29) is 17.3 Å². The number of para-hydroxylation sites is 1. The number of pyridine rings is 1. The summed E-state index contributed by atoms with van der Waals surface area (Å²) in [5.41, 5.74) is 2.06. The molecule has 0 fully saturated rings. The van der Waals surface area contributed by atoms with Gasteiger partial charge in [-0.05, 0) is 30.2 Å². The maximum atomic E-state index is 12.2. The van der Waals surface area contributed by atoms with Crippen LogP contribution < -0.4 is 5.32 Å². The molecule has 0 spiro atoms. The number of nitrogens with zero attached hydrogens (tertiary/aromatic N) is 1. The third kappa shape index (κ3) is 3.45. The van der Waals surface area contributed by atoms with Gasteiger partial charge in [0.1, 0.15) is 11.4 Å². The van der Waals surface area contributed by atoms with Crippen LogP contribution in [0.5, 0.6) is 0 Å². The highest BCUT2D eigenvalue weighted by atomic mass is 16.5. The number of ether oxygens (including phenoxy) is 1. The Kier molecular flexibility index (Phi) is 4.66. The van der Waals surface area contributed by atoms with Gasteiger partial charge in [0, 0.05) is 5.69 Å². The molecule has 0 aliphatic rings. The largest absolute Gasteiger partial charge is 0.464 e. The van der Waals surface area contributed by atoms with Gasteiger partial charge in [-0.3, -0.25) is 4.79 Å². The van der Waals surface area contributed by atoms with E-state index in [4.69, 9.17) is 0 Å². The average molecular weight is 284 g/mol. The van der Waals surface area contributed by atoms with Crippen molar-refractivity contribution in [2.24, 2.45) is 0 Å². The number of benzene rings is 1. The van der Waals surface area contributed by atoms with Crippen LogP contribution in [0.15, 0.2) is 42.5 Å². The number of esters is 1. The first kappa shape index (κ1) is 14.7. The molecule has 0 radical (unpaired) electrons. The molecular weight excluding hydrogens is 268 g/mol. The topological polar surface area (TPSA) is 68.3 Å². The van der Waals surface area contributed by atoms with Gasteiger partial charge in [0.15, 0.2) is 0 Å². The summed E-state index contributed by atoms with van der Waals surface area (Å²) in [6.07, 6.45) is 0.812. The molecule has 0 saturated heterocycles. The van der Waals surface area contributed by atoms with E-state index in [1.807, 2.05) is 31.2 Å². The molecule has 1 heterocycles. The van der Waals surface area contributed by atoms with Crippen LogP contribution in [-0.4, -0.2) is 24.0 Å². The van der Waals surface area contributed by atoms with Crippen molar-refractivity contribution in [3.8, 4) is 0 Å². The van der Waals surface area contributed by atoms with E-state index in [0.29, 0.717) is 0 Å². The summed E-state index contributed by atoms with van der Waals surface area (Å²) >= 11 is 0. The van der Waals surface area contributed by atoms with E-state index in [1.54, 1.807) is 12.1 Å². The zero-order chi connectivity index (χ0) is 15.2. The minimum atomic E-state index is -0.571. The number of carbonyl (C=O) groups excluding carboxylic acids is 2. The fourth-order valence-corrected chi connectivity index (χ4v) is 1.92. The number of methoxy groups -OCH3 is 1. The van der Waals surface area contributed by atoms with Crippen molar-refractivity contribution in [3.05, 3.63) is 59.4 Å². The lowest BCUT2D eigenvalue weighted by molar-refractivity contribution is 0.0594. The van der Waals surface area contributed by atoms with Gasteiger partial charge in [-0.25, -0.2) is 9.78 Å². The van der Waals surface area contributed by atoms with Gasteiger partial charge in [0.2, 0.25) is 0 Å². The van der Waals surface area contributed by atoms with Gasteiger partial charge in [-0.15, -0.1) is 0 Å². The first-order chi connectivity index (χ1) is 10.2. The minimum Gasteiger partial charge on any atom is -0.464 e. The highest BCUT2D eigenvalue weighted by Crippen LogP contribution is 2.16. The smallest absolute Gasteiger partial charge is 0.356 e. The minimum absolute atomic E-state index is 0.105. The SMILES string of the molecule is CCc1ccccc1NC(=O)c1cccc(C(=O)OC)n1. The molecule has 2 rings (SSSR count). The van der Waals surface area contributed by atoms with Crippen molar-refractivity contribution >= 4 is 17.6 Å². The molecular formula is C16H16N2O3. The van der Waals surface area contributed by atoms with Gasteiger partial charge >= 0.3 is 5.97 Å². The number of aromatic nitrogens is 1. The molecule has 0 aliphatic carbocycles. The van der Waals surface area contributed by atoms with Crippen LogP contribution in [0.1, 0.15) is 33.5 Å². The Morgan fingerprint density at radius 3 is 2.52 bits per heavy atom. The van der Waals surface area contributed by atoms with Gasteiger partial charge in [0.25, 0.3) is 5.91 Å². The van der Waals surface area contributed by atoms with Crippen LogP contribution >= 0.6 is 0 Å². The van der Waals surface area contributed by atoms with E-state index >= 15 is 0 Å².